The SMILES string of the molecule is Clc1cc(Cl)cc(Nc2nncc(NCCCc3ccccc3)n2)c1. The maximum absolute atomic E-state index is 5.99. The Balaban J connectivity index is 1.54. The van der Waals surface area contributed by atoms with Gasteiger partial charge in [-0.15, -0.1) is 5.10 Å². The molecule has 0 atom stereocenters. The van der Waals surface area contributed by atoms with Crippen molar-refractivity contribution in [2.24, 2.45) is 0 Å². The van der Waals surface area contributed by atoms with Gasteiger partial charge >= 0.3 is 0 Å². The lowest BCUT2D eigenvalue weighted by atomic mass is 10.1. The summed E-state index contributed by atoms with van der Waals surface area (Å²) in [6.45, 7) is 0.802. The summed E-state index contributed by atoms with van der Waals surface area (Å²) in [6.07, 6.45) is 3.61. The molecule has 7 heteroatoms. The maximum atomic E-state index is 5.99. The Morgan fingerprint density at radius 2 is 1.72 bits per heavy atom. The third kappa shape index (κ3) is 5.59. The quantitative estimate of drug-likeness (QED) is 0.572. The van der Waals surface area contributed by atoms with Gasteiger partial charge in [0, 0.05) is 22.3 Å². The van der Waals surface area contributed by atoms with Crippen molar-refractivity contribution in [2.45, 2.75) is 12.8 Å². The largest absolute Gasteiger partial charge is 0.369 e. The Morgan fingerprint density at radius 3 is 2.48 bits per heavy atom. The molecule has 0 saturated carbocycles. The van der Waals surface area contributed by atoms with E-state index in [1.807, 2.05) is 6.07 Å². The Labute approximate surface area is 156 Å². The second kappa shape index (κ2) is 8.65. The molecule has 1 aromatic heterocycles. The fourth-order valence-electron chi connectivity index (χ4n) is 2.35. The first kappa shape index (κ1) is 17.5. The van der Waals surface area contributed by atoms with Crippen LogP contribution in [-0.4, -0.2) is 21.7 Å². The van der Waals surface area contributed by atoms with Crippen molar-refractivity contribution in [3.8, 4) is 0 Å². The van der Waals surface area contributed by atoms with Crippen molar-refractivity contribution in [1.29, 1.82) is 0 Å². The first-order valence-electron chi connectivity index (χ1n) is 7.90. The normalized spacial score (nSPS) is 10.5. The summed E-state index contributed by atoms with van der Waals surface area (Å²) in [5.74, 6) is 1.05. The van der Waals surface area contributed by atoms with Gasteiger partial charge in [0.15, 0.2) is 5.82 Å². The van der Waals surface area contributed by atoms with E-state index in [0.717, 1.165) is 19.4 Å². The van der Waals surface area contributed by atoms with E-state index >= 15 is 0 Å². The van der Waals surface area contributed by atoms with Crippen LogP contribution >= 0.6 is 23.2 Å². The third-order valence-corrected chi connectivity index (χ3v) is 3.91. The van der Waals surface area contributed by atoms with Gasteiger partial charge in [0.2, 0.25) is 5.95 Å². The van der Waals surface area contributed by atoms with Crippen LogP contribution in [0.5, 0.6) is 0 Å². The molecule has 3 aromatic rings. The lowest BCUT2D eigenvalue weighted by molar-refractivity contribution is 0.853. The second-order valence-corrected chi connectivity index (χ2v) is 6.34. The van der Waals surface area contributed by atoms with Gasteiger partial charge in [0.05, 0.1) is 6.20 Å². The summed E-state index contributed by atoms with van der Waals surface area (Å²) in [6, 6.07) is 15.5. The first-order valence-corrected chi connectivity index (χ1v) is 8.65. The fraction of sp³-hybridized carbons (Fsp3) is 0.167. The van der Waals surface area contributed by atoms with Crippen molar-refractivity contribution in [3.05, 3.63) is 70.3 Å². The molecule has 0 bridgehead atoms. The van der Waals surface area contributed by atoms with Gasteiger partial charge in [-0.25, -0.2) is 0 Å². The van der Waals surface area contributed by atoms with Crippen LogP contribution < -0.4 is 10.6 Å². The molecule has 0 radical (unpaired) electrons. The highest BCUT2D eigenvalue weighted by Crippen LogP contribution is 2.24. The molecule has 2 aromatic carbocycles. The lowest BCUT2D eigenvalue weighted by Gasteiger charge is -2.08. The number of hydrogen-bond acceptors (Lipinski definition) is 5. The number of rotatable bonds is 7. The number of benzene rings is 2. The summed E-state index contributed by atoms with van der Waals surface area (Å²) < 4.78 is 0. The molecular formula is C18H17Cl2N5. The van der Waals surface area contributed by atoms with E-state index in [1.54, 1.807) is 24.4 Å². The summed E-state index contributed by atoms with van der Waals surface area (Å²) in [4.78, 5) is 4.39. The van der Waals surface area contributed by atoms with Crippen molar-refractivity contribution >= 4 is 40.7 Å². The van der Waals surface area contributed by atoms with Gasteiger partial charge in [-0.2, -0.15) is 10.1 Å². The van der Waals surface area contributed by atoms with Gasteiger partial charge in [0.25, 0.3) is 0 Å². The zero-order chi connectivity index (χ0) is 17.5. The molecule has 0 aliphatic heterocycles. The fourth-order valence-corrected chi connectivity index (χ4v) is 2.88. The highest BCUT2D eigenvalue weighted by Gasteiger charge is 2.03. The van der Waals surface area contributed by atoms with Crippen LogP contribution in [0.4, 0.5) is 17.5 Å². The lowest BCUT2D eigenvalue weighted by Crippen LogP contribution is -2.07. The molecular weight excluding hydrogens is 357 g/mol. The molecule has 0 aliphatic carbocycles. The number of aromatic nitrogens is 3. The minimum absolute atomic E-state index is 0.381. The molecule has 0 saturated heterocycles. The van der Waals surface area contributed by atoms with Crippen LogP contribution in [0, 0.1) is 0 Å². The van der Waals surface area contributed by atoms with Crippen LogP contribution in [0.2, 0.25) is 10.0 Å². The Kier molecular flexibility index (Phi) is 6.04. The van der Waals surface area contributed by atoms with E-state index in [-0.39, 0.29) is 0 Å². The Bertz CT molecular complexity index is 806. The van der Waals surface area contributed by atoms with E-state index in [9.17, 15) is 0 Å². The topological polar surface area (TPSA) is 62.7 Å². The summed E-state index contributed by atoms with van der Waals surface area (Å²) in [5, 5.41) is 15.3. The van der Waals surface area contributed by atoms with E-state index in [2.05, 4.69) is 50.1 Å². The summed E-state index contributed by atoms with van der Waals surface area (Å²) >= 11 is 12.0. The second-order valence-electron chi connectivity index (χ2n) is 5.46. The van der Waals surface area contributed by atoms with Crippen molar-refractivity contribution in [1.82, 2.24) is 15.2 Å². The summed E-state index contributed by atoms with van der Waals surface area (Å²) in [5.41, 5.74) is 2.03. The number of nitrogens with zero attached hydrogens (tertiary/aromatic N) is 3. The van der Waals surface area contributed by atoms with Crippen molar-refractivity contribution in [3.63, 3.8) is 0 Å². The first-order chi connectivity index (χ1) is 12.2. The number of hydrogen-bond donors (Lipinski definition) is 2. The number of aryl methyl sites for hydroxylation is 1. The zero-order valence-electron chi connectivity index (χ0n) is 13.4. The average molecular weight is 374 g/mol. The molecule has 5 nitrogen and oxygen atoms in total. The molecule has 1 heterocycles. The minimum atomic E-state index is 0.381. The standard InChI is InChI=1S/C18H17Cl2N5/c19-14-9-15(20)11-16(10-14)23-18-24-17(12-22-25-18)21-8-4-7-13-5-2-1-3-6-13/h1-3,5-6,9-12H,4,7-8H2,(H2,21,23,24,25). The molecule has 25 heavy (non-hydrogen) atoms. The maximum Gasteiger partial charge on any atom is 0.249 e. The predicted octanol–water partition coefficient (Wildman–Crippen LogP) is 4.97. The number of anilines is 3. The van der Waals surface area contributed by atoms with E-state index in [0.29, 0.717) is 27.5 Å². The van der Waals surface area contributed by atoms with E-state index in [1.165, 1.54) is 5.56 Å². The van der Waals surface area contributed by atoms with Crippen molar-refractivity contribution < 1.29 is 0 Å². The highest BCUT2D eigenvalue weighted by molar-refractivity contribution is 6.35. The molecule has 128 valence electrons. The van der Waals surface area contributed by atoms with Crippen LogP contribution in [0.25, 0.3) is 0 Å². The van der Waals surface area contributed by atoms with Crippen LogP contribution in [-0.2, 0) is 6.42 Å². The highest BCUT2D eigenvalue weighted by atomic mass is 35.5. The molecule has 0 spiro atoms. The van der Waals surface area contributed by atoms with E-state index in [4.69, 9.17) is 23.2 Å². The summed E-state index contributed by atoms with van der Waals surface area (Å²) in [7, 11) is 0. The van der Waals surface area contributed by atoms with Crippen LogP contribution in [0.1, 0.15) is 12.0 Å². The monoisotopic (exact) mass is 373 g/mol. The van der Waals surface area contributed by atoms with Gasteiger partial charge < -0.3 is 10.6 Å². The Morgan fingerprint density at radius 1 is 0.960 bits per heavy atom. The van der Waals surface area contributed by atoms with Crippen LogP contribution in [0.3, 0.4) is 0 Å². The predicted molar refractivity (Wildman–Crippen MR) is 103 cm³/mol. The van der Waals surface area contributed by atoms with Crippen LogP contribution in [0.15, 0.2) is 54.7 Å². The number of nitrogens with one attached hydrogen (secondary N) is 2. The average Bonchev–Trinajstić information content (AvgIpc) is 2.59. The van der Waals surface area contributed by atoms with E-state index < -0.39 is 0 Å². The van der Waals surface area contributed by atoms with Gasteiger partial charge in [0.1, 0.15) is 0 Å². The molecule has 0 fully saturated rings. The molecule has 3 rings (SSSR count). The minimum Gasteiger partial charge on any atom is -0.369 e. The molecule has 0 aliphatic rings. The van der Waals surface area contributed by atoms with Gasteiger partial charge in [-0.3, -0.25) is 0 Å². The molecule has 2 N–H and O–H groups in total. The molecule has 0 amide bonds. The third-order valence-electron chi connectivity index (χ3n) is 3.47. The zero-order valence-corrected chi connectivity index (χ0v) is 14.9. The number of halogens is 2. The molecule has 0 unspecified atom stereocenters. The smallest absolute Gasteiger partial charge is 0.249 e. The van der Waals surface area contributed by atoms with Crippen molar-refractivity contribution in [2.75, 3.05) is 17.2 Å². The van der Waals surface area contributed by atoms with Gasteiger partial charge in [-0.1, -0.05) is 53.5 Å². The van der Waals surface area contributed by atoms with Gasteiger partial charge in [-0.05, 0) is 36.6 Å². The Hall–Kier alpha value is -2.37.